The quantitative estimate of drug-likeness (QED) is 0.209. The van der Waals surface area contributed by atoms with Crippen molar-refractivity contribution in [1.82, 2.24) is 0 Å². The van der Waals surface area contributed by atoms with Crippen LogP contribution >= 0.6 is 0 Å². The van der Waals surface area contributed by atoms with Gasteiger partial charge < -0.3 is 9.47 Å². The first kappa shape index (κ1) is 27.9. The summed E-state index contributed by atoms with van der Waals surface area (Å²) in [6.07, 6.45) is -1.76. The molecule has 0 unspecified atom stereocenters. The van der Waals surface area contributed by atoms with E-state index in [1.165, 1.54) is 0 Å². The number of halogens is 8. The molecule has 4 rings (SSSR count). The third-order valence-electron chi connectivity index (χ3n) is 6.75. The Kier molecular flexibility index (Phi) is 8.30. The van der Waals surface area contributed by atoms with E-state index in [0.717, 1.165) is 37.1 Å². The van der Waals surface area contributed by atoms with Crippen LogP contribution in [0.1, 0.15) is 49.7 Å². The molecule has 0 spiro atoms. The van der Waals surface area contributed by atoms with Crippen LogP contribution in [-0.2, 0) is 10.8 Å². The Hall–Kier alpha value is -3.14. The molecule has 204 valence electrons. The molecule has 1 fully saturated rings. The molecule has 0 saturated heterocycles. The van der Waals surface area contributed by atoms with E-state index in [1.54, 1.807) is 0 Å². The highest BCUT2D eigenvalue weighted by atomic mass is 19.3. The SMILES string of the molecule is CCOCC1CCC(c2ccc(C(F)(F)Oc3ccc(-c4cc(F)c(F)c(F)c4)c(F)c3)c(F)c2F)CC1. The second kappa shape index (κ2) is 11.3. The van der Waals surface area contributed by atoms with E-state index in [1.807, 2.05) is 6.92 Å². The van der Waals surface area contributed by atoms with E-state index in [9.17, 15) is 35.1 Å². The highest BCUT2D eigenvalue weighted by Gasteiger charge is 2.40. The highest BCUT2D eigenvalue weighted by molar-refractivity contribution is 5.65. The van der Waals surface area contributed by atoms with Gasteiger partial charge in [0.15, 0.2) is 29.1 Å². The molecular formula is C28H24F8O2. The fourth-order valence-electron chi connectivity index (χ4n) is 4.74. The van der Waals surface area contributed by atoms with E-state index in [4.69, 9.17) is 4.74 Å². The first-order valence-corrected chi connectivity index (χ1v) is 12.1. The van der Waals surface area contributed by atoms with Crippen LogP contribution in [0.15, 0.2) is 42.5 Å². The number of hydrogen-bond donors (Lipinski definition) is 0. The van der Waals surface area contributed by atoms with Crippen LogP contribution in [0.2, 0.25) is 0 Å². The fourth-order valence-corrected chi connectivity index (χ4v) is 4.74. The highest BCUT2D eigenvalue weighted by Crippen LogP contribution is 2.41. The third-order valence-corrected chi connectivity index (χ3v) is 6.75. The molecule has 0 bridgehead atoms. The maximum atomic E-state index is 14.9. The lowest BCUT2D eigenvalue weighted by Gasteiger charge is -2.29. The van der Waals surface area contributed by atoms with Crippen LogP contribution in [0.4, 0.5) is 35.1 Å². The summed E-state index contributed by atoms with van der Waals surface area (Å²) in [7, 11) is 0. The average Bonchev–Trinajstić information content (AvgIpc) is 2.87. The summed E-state index contributed by atoms with van der Waals surface area (Å²) in [5, 5.41) is 0. The van der Waals surface area contributed by atoms with Crippen molar-refractivity contribution in [2.45, 2.75) is 44.6 Å². The molecule has 2 nitrogen and oxygen atoms in total. The third kappa shape index (κ3) is 5.80. The molecule has 0 aromatic heterocycles. The summed E-state index contributed by atoms with van der Waals surface area (Å²) >= 11 is 0. The monoisotopic (exact) mass is 544 g/mol. The minimum absolute atomic E-state index is 0.00562. The van der Waals surface area contributed by atoms with Gasteiger partial charge in [0, 0.05) is 24.8 Å². The Morgan fingerprint density at radius 3 is 2.03 bits per heavy atom. The minimum Gasteiger partial charge on any atom is -0.429 e. The lowest BCUT2D eigenvalue weighted by molar-refractivity contribution is -0.187. The van der Waals surface area contributed by atoms with Crippen molar-refractivity contribution in [1.29, 1.82) is 0 Å². The molecule has 0 amide bonds. The second-order valence-electron chi connectivity index (χ2n) is 9.22. The van der Waals surface area contributed by atoms with E-state index in [2.05, 4.69) is 4.74 Å². The molecule has 10 heteroatoms. The van der Waals surface area contributed by atoms with Gasteiger partial charge in [-0.15, -0.1) is 0 Å². The molecule has 0 atom stereocenters. The molecule has 1 aliphatic carbocycles. The lowest BCUT2D eigenvalue weighted by atomic mass is 9.78. The van der Waals surface area contributed by atoms with E-state index >= 15 is 0 Å². The van der Waals surface area contributed by atoms with Crippen LogP contribution < -0.4 is 4.74 Å². The van der Waals surface area contributed by atoms with Crippen molar-refractivity contribution in [3.63, 3.8) is 0 Å². The van der Waals surface area contributed by atoms with E-state index in [0.29, 0.717) is 50.2 Å². The molecule has 3 aromatic carbocycles. The van der Waals surface area contributed by atoms with Crippen LogP contribution in [0, 0.1) is 40.8 Å². The van der Waals surface area contributed by atoms with Gasteiger partial charge in [0.05, 0.1) is 0 Å². The fraction of sp³-hybridized carbons (Fsp3) is 0.357. The van der Waals surface area contributed by atoms with Gasteiger partial charge in [-0.2, -0.15) is 8.78 Å². The summed E-state index contributed by atoms with van der Waals surface area (Å²) in [5.41, 5.74) is -2.16. The molecule has 0 N–H and O–H groups in total. The molecule has 3 aromatic rings. The van der Waals surface area contributed by atoms with Gasteiger partial charge in [-0.05, 0) is 85.9 Å². The summed E-state index contributed by atoms with van der Waals surface area (Å²) < 4.78 is 124. The van der Waals surface area contributed by atoms with Crippen LogP contribution in [0.3, 0.4) is 0 Å². The van der Waals surface area contributed by atoms with Crippen molar-refractivity contribution in [3.8, 4) is 16.9 Å². The molecule has 1 saturated carbocycles. The normalized spacial score (nSPS) is 18.0. The predicted molar refractivity (Wildman–Crippen MR) is 124 cm³/mol. The van der Waals surface area contributed by atoms with Crippen LogP contribution in [0.5, 0.6) is 5.75 Å². The van der Waals surface area contributed by atoms with Crippen molar-refractivity contribution < 1.29 is 44.6 Å². The first-order chi connectivity index (χ1) is 18.0. The Bertz CT molecular complexity index is 1280. The number of rotatable bonds is 8. The second-order valence-corrected chi connectivity index (χ2v) is 9.22. The van der Waals surface area contributed by atoms with Gasteiger partial charge in [0.1, 0.15) is 17.1 Å². The van der Waals surface area contributed by atoms with Crippen molar-refractivity contribution in [3.05, 3.63) is 88.5 Å². The molecule has 0 aliphatic heterocycles. The van der Waals surface area contributed by atoms with Crippen molar-refractivity contribution in [2.24, 2.45) is 5.92 Å². The molecule has 0 heterocycles. The largest absolute Gasteiger partial charge is 0.429 e. The van der Waals surface area contributed by atoms with Crippen LogP contribution in [0.25, 0.3) is 11.1 Å². The first-order valence-electron chi connectivity index (χ1n) is 12.1. The molecule has 38 heavy (non-hydrogen) atoms. The molecule has 1 aliphatic rings. The Morgan fingerprint density at radius 2 is 1.42 bits per heavy atom. The topological polar surface area (TPSA) is 18.5 Å². The van der Waals surface area contributed by atoms with Gasteiger partial charge >= 0.3 is 6.11 Å². The van der Waals surface area contributed by atoms with Gasteiger partial charge in [0.2, 0.25) is 0 Å². The van der Waals surface area contributed by atoms with Gasteiger partial charge in [-0.25, -0.2) is 26.3 Å². The van der Waals surface area contributed by atoms with Gasteiger partial charge in [0.25, 0.3) is 0 Å². The standard InChI is InChI=1S/C28H24F8O2/c1-2-37-14-15-3-5-16(6-4-15)20-9-10-21(26(33)25(20)32)28(35,36)38-18-7-8-19(22(29)13-18)17-11-23(30)27(34)24(31)12-17/h7-13,15-16H,2-6,14H2,1H3. The molecular weight excluding hydrogens is 520 g/mol. The zero-order valence-electron chi connectivity index (χ0n) is 20.3. The van der Waals surface area contributed by atoms with Crippen molar-refractivity contribution in [2.75, 3.05) is 13.2 Å². The maximum Gasteiger partial charge on any atom is 0.429 e. The summed E-state index contributed by atoms with van der Waals surface area (Å²) in [6.45, 7) is 3.05. The van der Waals surface area contributed by atoms with E-state index < -0.39 is 57.9 Å². The summed E-state index contributed by atoms with van der Waals surface area (Å²) in [4.78, 5) is 0. The zero-order valence-corrected chi connectivity index (χ0v) is 20.3. The Morgan fingerprint density at radius 1 is 0.763 bits per heavy atom. The number of benzene rings is 3. The van der Waals surface area contributed by atoms with E-state index in [-0.39, 0.29) is 17.0 Å². The van der Waals surface area contributed by atoms with Crippen LogP contribution in [-0.4, -0.2) is 13.2 Å². The average molecular weight is 544 g/mol. The number of alkyl halides is 2. The molecule has 0 radical (unpaired) electrons. The van der Waals surface area contributed by atoms with Crippen molar-refractivity contribution >= 4 is 0 Å². The maximum absolute atomic E-state index is 14.9. The van der Waals surface area contributed by atoms with Gasteiger partial charge in [-0.1, -0.05) is 6.07 Å². The minimum atomic E-state index is -4.37. The Labute approximate surface area is 214 Å². The Balaban J connectivity index is 1.51. The summed E-state index contributed by atoms with van der Waals surface area (Å²) in [6, 6.07) is 5.16. The number of ether oxygens (including phenoxy) is 2. The smallest absolute Gasteiger partial charge is 0.429 e. The lowest BCUT2D eigenvalue weighted by Crippen LogP contribution is -2.25. The summed E-state index contributed by atoms with van der Waals surface area (Å²) in [5.74, 6) is -10.0. The zero-order chi connectivity index (χ0) is 27.6. The number of hydrogen-bond acceptors (Lipinski definition) is 2. The van der Waals surface area contributed by atoms with Gasteiger partial charge in [-0.3, -0.25) is 0 Å². The predicted octanol–water partition coefficient (Wildman–Crippen LogP) is 8.63.